The molecule has 0 saturated heterocycles. The summed E-state index contributed by atoms with van der Waals surface area (Å²) in [6.07, 6.45) is 1.57. The maximum absolute atomic E-state index is 12.9. The molecule has 1 N–H and O–H groups in total. The molecule has 1 atom stereocenters. The Bertz CT molecular complexity index is 716. The van der Waals surface area contributed by atoms with Gasteiger partial charge in [0, 0.05) is 25.9 Å². The number of anilines is 1. The Morgan fingerprint density at radius 2 is 2.12 bits per heavy atom. The second-order valence-corrected chi connectivity index (χ2v) is 5.88. The molecule has 0 saturated carbocycles. The normalized spacial score (nSPS) is 16.8. The Morgan fingerprint density at radius 1 is 1.33 bits per heavy atom. The van der Waals surface area contributed by atoms with Crippen LogP contribution in [0.1, 0.15) is 22.0 Å². The van der Waals surface area contributed by atoms with Crippen LogP contribution in [-0.4, -0.2) is 54.8 Å². The average molecular weight is 327 g/mol. The van der Waals surface area contributed by atoms with Gasteiger partial charge in [-0.2, -0.15) is 0 Å². The number of aliphatic hydroxyl groups excluding tert-OH is 1. The van der Waals surface area contributed by atoms with Gasteiger partial charge in [0.2, 0.25) is 0 Å². The zero-order chi connectivity index (χ0) is 17.1. The van der Waals surface area contributed by atoms with E-state index in [0.29, 0.717) is 24.5 Å². The van der Waals surface area contributed by atoms with E-state index in [2.05, 4.69) is 4.98 Å². The van der Waals surface area contributed by atoms with Crippen LogP contribution in [0.2, 0.25) is 0 Å². The zero-order valence-corrected chi connectivity index (χ0v) is 13.8. The number of benzene rings is 1. The lowest BCUT2D eigenvalue weighted by Crippen LogP contribution is -2.38. The van der Waals surface area contributed by atoms with Gasteiger partial charge in [0.15, 0.2) is 0 Å². The van der Waals surface area contributed by atoms with Gasteiger partial charge in [-0.05, 0) is 18.2 Å². The van der Waals surface area contributed by atoms with Crippen LogP contribution in [0.3, 0.4) is 0 Å². The van der Waals surface area contributed by atoms with E-state index < -0.39 is 6.04 Å². The molecular weight excluding hydrogens is 306 g/mol. The minimum atomic E-state index is -0.426. The van der Waals surface area contributed by atoms with Crippen molar-refractivity contribution in [2.24, 2.45) is 0 Å². The molecule has 1 unspecified atom stereocenters. The molecule has 126 valence electrons. The smallest absolute Gasteiger partial charge is 0.256 e. The number of nitrogens with zero attached hydrogens (tertiary/aromatic N) is 3. The third kappa shape index (κ3) is 3.05. The molecule has 0 spiro atoms. The van der Waals surface area contributed by atoms with Crippen molar-refractivity contribution in [1.82, 2.24) is 9.88 Å². The van der Waals surface area contributed by atoms with Crippen LogP contribution in [0, 0.1) is 0 Å². The molecule has 1 aliphatic rings. The fraction of sp³-hybridized carbons (Fsp3) is 0.333. The van der Waals surface area contributed by atoms with Gasteiger partial charge < -0.3 is 19.6 Å². The van der Waals surface area contributed by atoms with Gasteiger partial charge in [0.1, 0.15) is 18.2 Å². The average Bonchev–Trinajstić information content (AvgIpc) is 2.80. The minimum Gasteiger partial charge on any atom is -0.491 e. The minimum absolute atomic E-state index is 0.157. The van der Waals surface area contributed by atoms with Crippen LogP contribution >= 0.6 is 0 Å². The number of rotatable bonds is 3. The molecule has 6 nitrogen and oxygen atoms in total. The van der Waals surface area contributed by atoms with E-state index in [-0.39, 0.29) is 12.5 Å². The Kier molecular flexibility index (Phi) is 4.66. The van der Waals surface area contributed by atoms with Gasteiger partial charge in [-0.1, -0.05) is 18.2 Å². The predicted molar refractivity (Wildman–Crippen MR) is 91.4 cm³/mol. The second kappa shape index (κ2) is 6.88. The third-order valence-corrected chi connectivity index (χ3v) is 4.13. The van der Waals surface area contributed by atoms with Crippen LogP contribution < -0.4 is 9.64 Å². The van der Waals surface area contributed by atoms with Crippen LogP contribution in [-0.2, 0) is 0 Å². The predicted octanol–water partition coefficient (Wildman–Crippen LogP) is 1.72. The highest BCUT2D eigenvalue weighted by molar-refractivity contribution is 5.94. The molecule has 3 rings (SSSR count). The molecule has 1 aromatic heterocycles. The van der Waals surface area contributed by atoms with Gasteiger partial charge in [-0.3, -0.25) is 4.79 Å². The summed E-state index contributed by atoms with van der Waals surface area (Å²) in [5.74, 6) is 1.34. The Balaban J connectivity index is 1.91. The highest BCUT2D eigenvalue weighted by Crippen LogP contribution is 2.32. The first-order valence-electron chi connectivity index (χ1n) is 7.88. The van der Waals surface area contributed by atoms with E-state index in [1.807, 2.05) is 49.3 Å². The Hall–Kier alpha value is -2.60. The number of pyridine rings is 1. The number of hydrogen-bond donors (Lipinski definition) is 1. The van der Waals surface area contributed by atoms with Crippen molar-refractivity contribution in [3.8, 4) is 5.75 Å². The highest BCUT2D eigenvalue weighted by atomic mass is 16.5. The molecule has 0 radical (unpaired) electrons. The van der Waals surface area contributed by atoms with Crippen LogP contribution in [0.4, 0.5) is 5.82 Å². The topological polar surface area (TPSA) is 65.9 Å². The van der Waals surface area contributed by atoms with Crippen molar-refractivity contribution in [3.05, 3.63) is 53.7 Å². The molecule has 1 aliphatic heterocycles. The summed E-state index contributed by atoms with van der Waals surface area (Å²) in [6, 6.07) is 10.7. The number of ether oxygens (including phenoxy) is 1. The molecular formula is C18H21N3O3. The number of aromatic nitrogens is 1. The lowest BCUT2D eigenvalue weighted by molar-refractivity contribution is 0.0584. The summed E-state index contributed by atoms with van der Waals surface area (Å²) in [4.78, 5) is 20.7. The standard InChI is InChI=1S/C18H21N3O3/c1-20(2)17-8-7-13(11-19-17)18(23)21-9-10-24-16-6-4-3-5-14(16)15(21)12-22/h3-8,11,15,22H,9-10,12H2,1-2H3. The summed E-state index contributed by atoms with van der Waals surface area (Å²) >= 11 is 0. The van der Waals surface area contributed by atoms with E-state index in [4.69, 9.17) is 4.74 Å². The number of amides is 1. The number of hydrogen-bond acceptors (Lipinski definition) is 5. The van der Waals surface area contributed by atoms with Crippen molar-refractivity contribution >= 4 is 11.7 Å². The van der Waals surface area contributed by atoms with Crippen LogP contribution in [0.25, 0.3) is 0 Å². The number of carbonyl (C=O) groups is 1. The molecule has 0 aliphatic carbocycles. The summed E-state index contributed by atoms with van der Waals surface area (Å²) in [5, 5.41) is 9.87. The zero-order valence-electron chi connectivity index (χ0n) is 13.8. The van der Waals surface area contributed by atoms with E-state index in [9.17, 15) is 9.90 Å². The molecule has 1 amide bonds. The fourth-order valence-corrected chi connectivity index (χ4v) is 2.85. The monoisotopic (exact) mass is 327 g/mol. The van der Waals surface area contributed by atoms with Gasteiger partial charge in [0.05, 0.1) is 24.8 Å². The van der Waals surface area contributed by atoms with E-state index >= 15 is 0 Å². The summed E-state index contributed by atoms with van der Waals surface area (Å²) in [5.41, 5.74) is 1.32. The molecule has 1 aromatic carbocycles. The van der Waals surface area contributed by atoms with Gasteiger partial charge in [0.25, 0.3) is 5.91 Å². The molecule has 0 bridgehead atoms. The molecule has 0 fully saturated rings. The Labute approximate surface area is 141 Å². The fourth-order valence-electron chi connectivity index (χ4n) is 2.85. The van der Waals surface area contributed by atoms with Gasteiger partial charge in [-0.25, -0.2) is 4.98 Å². The van der Waals surface area contributed by atoms with Crippen molar-refractivity contribution in [2.45, 2.75) is 6.04 Å². The van der Waals surface area contributed by atoms with Crippen LogP contribution in [0.15, 0.2) is 42.6 Å². The molecule has 2 heterocycles. The largest absolute Gasteiger partial charge is 0.491 e. The SMILES string of the molecule is CN(C)c1ccc(C(=O)N2CCOc3ccccc3C2CO)cn1. The first-order chi connectivity index (χ1) is 11.6. The Morgan fingerprint density at radius 3 is 2.79 bits per heavy atom. The summed E-state index contributed by atoms with van der Waals surface area (Å²) in [7, 11) is 3.80. The van der Waals surface area contributed by atoms with Crippen LogP contribution in [0.5, 0.6) is 5.75 Å². The lowest BCUT2D eigenvalue weighted by atomic mass is 10.0. The summed E-state index contributed by atoms with van der Waals surface area (Å²) < 4.78 is 5.72. The van der Waals surface area contributed by atoms with E-state index in [1.165, 1.54) is 0 Å². The second-order valence-electron chi connectivity index (χ2n) is 5.88. The third-order valence-electron chi connectivity index (χ3n) is 4.13. The van der Waals surface area contributed by atoms with Gasteiger partial charge in [-0.15, -0.1) is 0 Å². The van der Waals surface area contributed by atoms with Crippen molar-refractivity contribution in [1.29, 1.82) is 0 Å². The highest BCUT2D eigenvalue weighted by Gasteiger charge is 2.30. The number of fused-ring (bicyclic) bond motifs is 1. The molecule has 2 aromatic rings. The molecule has 24 heavy (non-hydrogen) atoms. The lowest BCUT2D eigenvalue weighted by Gasteiger charge is -2.28. The van der Waals surface area contributed by atoms with Crippen molar-refractivity contribution < 1.29 is 14.6 Å². The number of aliphatic hydroxyl groups is 1. The maximum Gasteiger partial charge on any atom is 0.256 e. The van der Waals surface area contributed by atoms with Gasteiger partial charge >= 0.3 is 0 Å². The molecule has 6 heteroatoms. The van der Waals surface area contributed by atoms with E-state index in [1.54, 1.807) is 17.2 Å². The quantitative estimate of drug-likeness (QED) is 0.930. The number of para-hydroxylation sites is 1. The van der Waals surface area contributed by atoms with E-state index in [0.717, 1.165) is 11.4 Å². The summed E-state index contributed by atoms with van der Waals surface area (Å²) in [6.45, 7) is 0.645. The maximum atomic E-state index is 12.9. The van der Waals surface area contributed by atoms with Crippen molar-refractivity contribution in [3.63, 3.8) is 0 Å². The number of carbonyl (C=O) groups excluding carboxylic acids is 1. The first kappa shape index (κ1) is 16.3. The van der Waals surface area contributed by atoms with Crippen molar-refractivity contribution in [2.75, 3.05) is 38.8 Å². The first-order valence-corrected chi connectivity index (χ1v) is 7.88.